The largest absolute Gasteiger partial charge is 0.378 e. The first-order valence-electron chi connectivity index (χ1n) is 8.18. The van der Waals surface area contributed by atoms with Crippen LogP contribution < -0.4 is 0 Å². The summed E-state index contributed by atoms with van der Waals surface area (Å²) in [5.74, 6) is 1.67. The molecule has 0 spiro atoms. The Morgan fingerprint density at radius 1 is 1.41 bits per heavy atom. The van der Waals surface area contributed by atoms with Crippen molar-refractivity contribution in [3.05, 3.63) is 11.6 Å². The summed E-state index contributed by atoms with van der Waals surface area (Å²) < 4.78 is 11.3. The van der Waals surface area contributed by atoms with Gasteiger partial charge in [0, 0.05) is 19.6 Å². The minimum atomic E-state index is -0.232. The third-order valence-corrected chi connectivity index (χ3v) is 4.17. The van der Waals surface area contributed by atoms with Crippen molar-refractivity contribution < 1.29 is 14.3 Å². The molecule has 1 aromatic heterocycles. The summed E-state index contributed by atoms with van der Waals surface area (Å²) in [7, 11) is 0. The van der Waals surface area contributed by atoms with Gasteiger partial charge in [0.15, 0.2) is 5.82 Å². The molecule has 1 amide bonds. The number of ether oxygens (including phenoxy) is 2. The second-order valence-corrected chi connectivity index (χ2v) is 5.93. The average Bonchev–Trinajstić information content (AvgIpc) is 3.19. The van der Waals surface area contributed by atoms with Crippen LogP contribution >= 0.6 is 0 Å². The topological polar surface area (TPSA) is 80.3 Å². The van der Waals surface area contributed by atoms with E-state index in [0.29, 0.717) is 31.9 Å². The van der Waals surface area contributed by atoms with E-state index in [0.717, 1.165) is 38.1 Å². The lowest BCUT2D eigenvalue weighted by molar-refractivity contribution is -0.141. The molecule has 1 aromatic rings. The second-order valence-electron chi connectivity index (χ2n) is 5.93. The molecule has 0 bridgehead atoms. The van der Waals surface area contributed by atoms with Gasteiger partial charge in [-0.3, -0.25) is 9.89 Å². The summed E-state index contributed by atoms with van der Waals surface area (Å²) in [5, 5.41) is 7.17. The van der Waals surface area contributed by atoms with Crippen molar-refractivity contribution in [1.82, 2.24) is 20.1 Å². The molecule has 3 rings (SSSR count). The van der Waals surface area contributed by atoms with Crippen molar-refractivity contribution in [2.24, 2.45) is 0 Å². The standard InChI is InChI=1S/C15H24N4O3/c1-2-4-13-16-15(18-17-13)12-10-19(6-8-22-12)14(20)9-11-5-3-7-21-11/h11-12H,2-10H2,1H3,(H,16,17,18)/t11-,12+/m1/s1. The Morgan fingerprint density at radius 2 is 2.32 bits per heavy atom. The van der Waals surface area contributed by atoms with E-state index < -0.39 is 0 Å². The van der Waals surface area contributed by atoms with Crippen LogP contribution in [-0.2, 0) is 20.7 Å². The molecule has 0 aliphatic carbocycles. The Morgan fingerprint density at radius 3 is 3.09 bits per heavy atom. The van der Waals surface area contributed by atoms with E-state index in [1.54, 1.807) is 0 Å². The van der Waals surface area contributed by atoms with Crippen molar-refractivity contribution in [3.63, 3.8) is 0 Å². The first-order valence-corrected chi connectivity index (χ1v) is 8.18. The van der Waals surface area contributed by atoms with E-state index in [4.69, 9.17) is 9.47 Å². The molecule has 0 unspecified atom stereocenters. The molecule has 1 N–H and O–H groups in total. The Labute approximate surface area is 130 Å². The Kier molecular flexibility index (Phi) is 5.04. The lowest BCUT2D eigenvalue weighted by atomic mass is 10.1. The highest BCUT2D eigenvalue weighted by atomic mass is 16.5. The van der Waals surface area contributed by atoms with Gasteiger partial charge < -0.3 is 14.4 Å². The minimum Gasteiger partial charge on any atom is -0.378 e. The highest BCUT2D eigenvalue weighted by Gasteiger charge is 2.30. The molecular formula is C15H24N4O3. The fraction of sp³-hybridized carbons (Fsp3) is 0.800. The molecule has 2 atom stereocenters. The number of nitrogens with zero attached hydrogens (tertiary/aromatic N) is 3. The molecule has 0 saturated carbocycles. The molecule has 122 valence electrons. The van der Waals surface area contributed by atoms with Crippen LogP contribution in [-0.4, -0.2) is 58.4 Å². The summed E-state index contributed by atoms with van der Waals surface area (Å²) >= 11 is 0. The smallest absolute Gasteiger partial charge is 0.225 e. The highest BCUT2D eigenvalue weighted by molar-refractivity contribution is 5.76. The van der Waals surface area contributed by atoms with Crippen LogP contribution in [0.2, 0.25) is 0 Å². The molecule has 22 heavy (non-hydrogen) atoms. The third kappa shape index (κ3) is 3.64. The van der Waals surface area contributed by atoms with E-state index in [1.807, 2.05) is 4.90 Å². The van der Waals surface area contributed by atoms with Gasteiger partial charge in [-0.05, 0) is 19.3 Å². The third-order valence-electron chi connectivity index (χ3n) is 4.17. The molecule has 2 fully saturated rings. The number of nitrogens with one attached hydrogen (secondary N) is 1. The normalized spacial score (nSPS) is 25.6. The van der Waals surface area contributed by atoms with Crippen molar-refractivity contribution in [2.45, 2.75) is 51.2 Å². The van der Waals surface area contributed by atoms with Crippen LogP contribution in [0.5, 0.6) is 0 Å². The van der Waals surface area contributed by atoms with Gasteiger partial charge in [0.1, 0.15) is 11.9 Å². The van der Waals surface area contributed by atoms with Gasteiger partial charge >= 0.3 is 0 Å². The van der Waals surface area contributed by atoms with Crippen molar-refractivity contribution in [1.29, 1.82) is 0 Å². The number of amides is 1. The number of aryl methyl sites for hydroxylation is 1. The highest BCUT2D eigenvalue weighted by Crippen LogP contribution is 2.22. The number of morpholine rings is 1. The van der Waals surface area contributed by atoms with Gasteiger partial charge in [-0.2, -0.15) is 5.10 Å². The van der Waals surface area contributed by atoms with Crippen LogP contribution in [0.25, 0.3) is 0 Å². The summed E-state index contributed by atoms with van der Waals surface area (Å²) in [6.07, 6.45) is 4.27. The van der Waals surface area contributed by atoms with Gasteiger partial charge in [-0.25, -0.2) is 4.98 Å². The van der Waals surface area contributed by atoms with Crippen LogP contribution in [0, 0.1) is 0 Å². The van der Waals surface area contributed by atoms with Crippen LogP contribution in [0.1, 0.15) is 50.4 Å². The van der Waals surface area contributed by atoms with Gasteiger partial charge in [0.25, 0.3) is 0 Å². The van der Waals surface area contributed by atoms with Gasteiger partial charge in [-0.15, -0.1) is 0 Å². The summed E-state index contributed by atoms with van der Waals surface area (Å²) in [5.41, 5.74) is 0. The van der Waals surface area contributed by atoms with Gasteiger partial charge in [0.2, 0.25) is 5.91 Å². The molecule has 7 nitrogen and oxygen atoms in total. The van der Waals surface area contributed by atoms with Crippen molar-refractivity contribution >= 4 is 5.91 Å². The monoisotopic (exact) mass is 308 g/mol. The van der Waals surface area contributed by atoms with E-state index in [1.165, 1.54) is 0 Å². The molecular weight excluding hydrogens is 284 g/mol. The number of aromatic amines is 1. The van der Waals surface area contributed by atoms with Crippen molar-refractivity contribution in [3.8, 4) is 0 Å². The predicted molar refractivity (Wildman–Crippen MR) is 79.2 cm³/mol. The SMILES string of the molecule is CCCc1nc([C@@H]2CN(C(=O)C[C@H]3CCCO3)CCO2)n[nH]1. The molecule has 2 aliphatic rings. The number of aromatic nitrogens is 3. The van der Waals surface area contributed by atoms with Crippen LogP contribution in [0.15, 0.2) is 0 Å². The van der Waals surface area contributed by atoms with E-state index in [-0.39, 0.29) is 18.1 Å². The molecule has 0 radical (unpaired) electrons. The van der Waals surface area contributed by atoms with E-state index in [2.05, 4.69) is 22.1 Å². The zero-order chi connectivity index (χ0) is 15.4. The number of hydrogen-bond donors (Lipinski definition) is 1. The maximum absolute atomic E-state index is 12.4. The molecule has 2 saturated heterocycles. The minimum absolute atomic E-state index is 0.0912. The number of hydrogen-bond acceptors (Lipinski definition) is 5. The summed E-state index contributed by atoms with van der Waals surface area (Å²) in [6.45, 7) is 4.56. The Hall–Kier alpha value is -1.47. The lowest BCUT2D eigenvalue weighted by Crippen LogP contribution is -2.43. The molecule has 7 heteroatoms. The average molecular weight is 308 g/mol. The second kappa shape index (κ2) is 7.19. The lowest BCUT2D eigenvalue weighted by Gasteiger charge is -2.32. The quantitative estimate of drug-likeness (QED) is 0.885. The summed E-state index contributed by atoms with van der Waals surface area (Å²) in [6, 6.07) is 0. The number of rotatable bonds is 5. The number of H-pyrrole nitrogens is 1. The number of carbonyl (C=O) groups excluding carboxylic acids is 1. The first kappa shape index (κ1) is 15.4. The Balaban J connectivity index is 1.56. The zero-order valence-electron chi connectivity index (χ0n) is 13.1. The molecule has 0 aromatic carbocycles. The van der Waals surface area contributed by atoms with E-state index >= 15 is 0 Å². The Bertz CT molecular complexity index is 499. The molecule has 3 heterocycles. The van der Waals surface area contributed by atoms with Gasteiger partial charge in [0.05, 0.1) is 25.7 Å². The number of carbonyl (C=O) groups is 1. The summed E-state index contributed by atoms with van der Waals surface area (Å²) in [4.78, 5) is 18.7. The maximum atomic E-state index is 12.4. The predicted octanol–water partition coefficient (Wildman–Crippen LogP) is 1.23. The fourth-order valence-corrected chi connectivity index (χ4v) is 2.96. The fourth-order valence-electron chi connectivity index (χ4n) is 2.96. The van der Waals surface area contributed by atoms with Crippen LogP contribution in [0.4, 0.5) is 0 Å². The van der Waals surface area contributed by atoms with Crippen LogP contribution in [0.3, 0.4) is 0 Å². The van der Waals surface area contributed by atoms with Gasteiger partial charge in [-0.1, -0.05) is 6.92 Å². The first-order chi connectivity index (χ1) is 10.8. The molecule has 2 aliphatic heterocycles. The van der Waals surface area contributed by atoms with E-state index in [9.17, 15) is 4.79 Å². The van der Waals surface area contributed by atoms with Crippen molar-refractivity contribution in [2.75, 3.05) is 26.3 Å². The zero-order valence-corrected chi connectivity index (χ0v) is 13.1. The maximum Gasteiger partial charge on any atom is 0.225 e.